The van der Waals surface area contributed by atoms with Gasteiger partial charge in [0, 0.05) is 75.4 Å². The van der Waals surface area contributed by atoms with Gasteiger partial charge in [-0.15, -0.1) is 0 Å². The van der Waals surface area contributed by atoms with E-state index in [0.717, 1.165) is 60.0 Å². The number of nitrogens with one attached hydrogen (secondary N) is 2. The zero-order valence-corrected chi connectivity index (χ0v) is 32.6. The number of benzene rings is 3. The molecule has 3 aromatic heterocycles. The molecule has 0 radical (unpaired) electrons. The zero-order valence-electron chi connectivity index (χ0n) is 30.3. The Hall–Kier alpha value is -5.36. The molecule has 284 valence electrons. The first kappa shape index (κ1) is 36.3. The van der Waals surface area contributed by atoms with Crippen LogP contribution in [0.15, 0.2) is 79.3 Å². The van der Waals surface area contributed by atoms with Crippen LogP contribution in [-0.4, -0.2) is 75.0 Å². The summed E-state index contributed by atoms with van der Waals surface area (Å²) in [5.41, 5.74) is 6.02. The number of hydrogen-bond acceptors (Lipinski definition) is 7. The zero-order chi connectivity index (χ0) is 38.7. The number of halogens is 3. The average molecular weight is 809 g/mol. The van der Waals surface area contributed by atoms with Gasteiger partial charge in [0.25, 0.3) is 5.91 Å². The van der Waals surface area contributed by atoms with Gasteiger partial charge < -0.3 is 29.4 Å². The van der Waals surface area contributed by atoms with Crippen molar-refractivity contribution in [1.29, 1.82) is 0 Å². The highest BCUT2D eigenvalue weighted by Crippen LogP contribution is 2.51. The number of methoxy groups -OCH3 is 1. The van der Waals surface area contributed by atoms with Crippen LogP contribution in [0.5, 0.6) is 0 Å². The van der Waals surface area contributed by atoms with Gasteiger partial charge in [0.2, 0.25) is 5.91 Å². The maximum Gasteiger partial charge on any atom is 0.339 e. The van der Waals surface area contributed by atoms with Crippen molar-refractivity contribution in [1.82, 2.24) is 24.4 Å². The smallest absolute Gasteiger partial charge is 0.339 e. The Bertz CT molecular complexity index is 2540. The minimum Gasteiger partial charge on any atom is -0.465 e. The number of ether oxygens (including phenoxy) is 1. The van der Waals surface area contributed by atoms with E-state index in [4.69, 9.17) is 49.5 Å². The molecule has 3 aromatic carbocycles. The highest BCUT2D eigenvalue weighted by atomic mass is 35.5. The molecule has 9 rings (SSSR count). The molecular formula is C42H36Cl3N7O4. The number of esters is 1. The number of H-pyrrole nitrogens is 1. The van der Waals surface area contributed by atoms with Gasteiger partial charge in [-0.3, -0.25) is 9.59 Å². The second-order valence-electron chi connectivity index (χ2n) is 14.4. The van der Waals surface area contributed by atoms with Crippen LogP contribution in [0.3, 0.4) is 0 Å². The summed E-state index contributed by atoms with van der Waals surface area (Å²) in [6.45, 7) is 2.03. The molecular weight excluding hydrogens is 773 g/mol. The fourth-order valence-electron chi connectivity index (χ4n) is 8.57. The van der Waals surface area contributed by atoms with Crippen molar-refractivity contribution in [2.24, 2.45) is 0 Å². The molecule has 14 heteroatoms. The van der Waals surface area contributed by atoms with Crippen LogP contribution >= 0.6 is 34.8 Å². The largest absolute Gasteiger partial charge is 0.465 e. The average Bonchev–Trinajstić information content (AvgIpc) is 3.81. The topological polar surface area (TPSA) is 125 Å². The monoisotopic (exact) mass is 807 g/mol. The van der Waals surface area contributed by atoms with E-state index in [0.29, 0.717) is 62.9 Å². The molecule has 1 atom stereocenters. The molecule has 0 saturated carbocycles. The van der Waals surface area contributed by atoms with Crippen LogP contribution in [0.25, 0.3) is 33.4 Å². The van der Waals surface area contributed by atoms with Gasteiger partial charge in [-0.25, -0.2) is 14.8 Å². The molecule has 3 aliphatic rings. The van der Waals surface area contributed by atoms with Crippen LogP contribution in [0, 0.1) is 0 Å². The van der Waals surface area contributed by atoms with E-state index in [1.165, 1.54) is 13.3 Å². The standard InChI is InChI=1S/C42H36Cl3N7O4/c1-56-42(55)24-17-32(40(46-21-24)50-15-12-27(13-16-50)51-14-6-5-9-33(51)53)49-41(54)37-35-34-29(18-26(44)20-31(34)48-37)38(28-11-10-25(43)19-30(28)45)52-22-47-36(39(35)52)23-7-3-2-4-8-23/h2-4,7-8,10-11,17-22,27,38,48H,5-6,9,12-16H2,1H3,(H,49,54)/t38-/m1/s1. The van der Waals surface area contributed by atoms with Crippen molar-refractivity contribution >= 4 is 75.0 Å². The van der Waals surface area contributed by atoms with Crippen LogP contribution in [0.4, 0.5) is 11.5 Å². The molecule has 0 spiro atoms. The van der Waals surface area contributed by atoms with E-state index in [2.05, 4.69) is 15.2 Å². The van der Waals surface area contributed by atoms with E-state index >= 15 is 0 Å². The van der Waals surface area contributed by atoms with Crippen molar-refractivity contribution in [3.05, 3.63) is 117 Å². The number of pyridine rings is 1. The summed E-state index contributed by atoms with van der Waals surface area (Å²) < 4.78 is 7.05. The number of carbonyl (C=O) groups excluding carboxylic acids is 3. The fraction of sp³-hybridized carbons (Fsp3) is 0.262. The Labute approximate surface area is 337 Å². The lowest BCUT2D eigenvalue weighted by Gasteiger charge is -2.41. The highest BCUT2D eigenvalue weighted by molar-refractivity contribution is 6.35. The highest BCUT2D eigenvalue weighted by Gasteiger charge is 2.37. The second kappa shape index (κ2) is 14.6. The number of rotatable bonds is 7. The van der Waals surface area contributed by atoms with Crippen molar-refractivity contribution in [3.63, 3.8) is 0 Å². The molecule has 3 aliphatic heterocycles. The minimum absolute atomic E-state index is 0.155. The van der Waals surface area contributed by atoms with Crippen LogP contribution in [0.1, 0.15) is 70.1 Å². The van der Waals surface area contributed by atoms with Gasteiger partial charge >= 0.3 is 5.97 Å². The quantitative estimate of drug-likeness (QED) is 0.154. The summed E-state index contributed by atoms with van der Waals surface area (Å²) in [5.74, 6) is -0.290. The van der Waals surface area contributed by atoms with E-state index in [-0.39, 0.29) is 23.2 Å². The third-order valence-corrected chi connectivity index (χ3v) is 11.9. The van der Waals surface area contributed by atoms with E-state index in [9.17, 15) is 14.4 Å². The molecule has 6 heterocycles. The molecule has 0 unspecified atom stereocenters. The van der Waals surface area contributed by atoms with Crippen LogP contribution < -0.4 is 10.2 Å². The predicted octanol–water partition coefficient (Wildman–Crippen LogP) is 9.02. The summed E-state index contributed by atoms with van der Waals surface area (Å²) in [6, 6.07) is 20.2. The maximum absolute atomic E-state index is 14.8. The molecule has 0 bridgehead atoms. The number of likely N-dealkylation sites (tertiary alicyclic amines) is 1. The lowest BCUT2D eigenvalue weighted by molar-refractivity contribution is -0.136. The summed E-state index contributed by atoms with van der Waals surface area (Å²) in [6.07, 6.45) is 7.31. The Morgan fingerprint density at radius 1 is 0.911 bits per heavy atom. The number of aromatic amines is 1. The van der Waals surface area contributed by atoms with E-state index < -0.39 is 17.9 Å². The molecule has 2 N–H and O–H groups in total. The number of hydrogen-bond donors (Lipinski definition) is 2. The first-order chi connectivity index (χ1) is 27.2. The summed E-state index contributed by atoms with van der Waals surface area (Å²) >= 11 is 20.0. The predicted molar refractivity (Wildman–Crippen MR) is 218 cm³/mol. The normalized spacial score (nSPS) is 16.9. The number of imidazole rings is 1. The van der Waals surface area contributed by atoms with Gasteiger partial charge in [-0.2, -0.15) is 0 Å². The van der Waals surface area contributed by atoms with Crippen molar-refractivity contribution in [2.75, 3.05) is 37.0 Å². The Kier molecular flexibility index (Phi) is 9.47. The number of piperidine rings is 2. The van der Waals surface area contributed by atoms with Gasteiger partial charge in [0.15, 0.2) is 5.82 Å². The molecule has 2 saturated heterocycles. The van der Waals surface area contributed by atoms with E-state index in [1.54, 1.807) is 30.6 Å². The summed E-state index contributed by atoms with van der Waals surface area (Å²) in [7, 11) is 1.30. The second-order valence-corrected chi connectivity index (χ2v) is 15.7. The van der Waals surface area contributed by atoms with Gasteiger partial charge in [0.1, 0.15) is 5.69 Å². The van der Waals surface area contributed by atoms with Gasteiger partial charge in [0.05, 0.1) is 42.1 Å². The van der Waals surface area contributed by atoms with Crippen molar-refractivity contribution < 1.29 is 19.1 Å². The Morgan fingerprint density at radius 2 is 1.71 bits per heavy atom. The Morgan fingerprint density at radius 3 is 2.46 bits per heavy atom. The Balaban J connectivity index is 1.15. The minimum atomic E-state index is -0.579. The first-order valence-corrected chi connectivity index (χ1v) is 19.7. The number of carbonyl (C=O) groups is 3. The van der Waals surface area contributed by atoms with Gasteiger partial charge in [-0.05, 0) is 67.1 Å². The molecule has 0 aliphatic carbocycles. The van der Waals surface area contributed by atoms with Crippen LogP contribution in [-0.2, 0) is 9.53 Å². The molecule has 6 aromatic rings. The summed E-state index contributed by atoms with van der Waals surface area (Å²) in [5, 5.41) is 5.38. The van der Waals surface area contributed by atoms with Crippen LogP contribution in [0.2, 0.25) is 15.1 Å². The molecule has 56 heavy (non-hydrogen) atoms. The third-order valence-electron chi connectivity index (χ3n) is 11.1. The fourth-order valence-corrected chi connectivity index (χ4v) is 9.31. The van der Waals surface area contributed by atoms with E-state index in [1.807, 2.05) is 51.9 Å². The lowest BCUT2D eigenvalue weighted by Crippen LogP contribution is -2.49. The lowest BCUT2D eigenvalue weighted by atomic mass is 9.87. The summed E-state index contributed by atoms with van der Waals surface area (Å²) in [4.78, 5) is 57.4. The molecule has 11 nitrogen and oxygen atoms in total. The SMILES string of the molecule is COC(=O)c1cnc(N2CCC(N3CCCCC3=O)CC2)c(NC(=O)c2[nH]c3cc(Cl)cc4c3c2-c2c(-c3ccccc3)ncn2[C@@H]4c2ccc(Cl)cc2Cl)c1. The first-order valence-electron chi connectivity index (χ1n) is 18.6. The number of anilines is 2. The maximum atomic E-state index is 14.8. The third kappa shape index (κ3) is 6.27. The number of fused-ring (bicyclic) bond motifs is 2. The number of aromatic nitrogens is 4. The van der Waals surface area contributed by atoms with Gasteiger partial charge in [-0.1, -0.05) is 71.2 Å². The van der Waals surface area contributed by atoms with Crippen molar-refractivity contribution in [2.45, 2.75) is 44.2 Å². The van der Waals surface area contributed by atoms with Crippen molar-refractivity contribution in [3.8, 4) is 22.5 Å². The molecule has 2 fully saturated rings. The number of amides is 2. The number of nitrogens with zero attached hydrogens (tertiary/aromatic N) is 5. The molecule has 2 amide bonds.